The highest BCUT2D eigenvalue weighted by Gasteiger charge is 2.20. The molecule has 0 bridgehead atoms. The molecule has 3 nitrogen and oxygen atoms in total. The Kier molecular flexibility index (Phi) is 2.57. The van der Waals surface area contributed by atoms with E-state index in [4.69, 9.17) is 4.74 Å². The molecule has 2 rings (SSSR count). The second kappa shape index (κ2) is 3.85. The second-order valence-corrected chi connectivity index (χ2v) is 3.41. The van der Waals surface area contributed by atoms with Crippen LogP contribution in [0.1, 0.15) is 18.7 Å². The van der Waals surface area contributed by atoms with Gasteiger partial charge in [0.1, 0.15) is 0 Å². The van der Waals surface area contributed by atoms with E-state index < -0.39 is 0 Å². The maximum absolute atomic E-state index is 5.45. The first kappa shape index (κ1) is 8.66. The molecule has 1 saturated heterocycles. The van der Waals surface area contributed by atoms with Crippen LogP contribution in [0.25, 0.3) is 0 Å². The number of morpholine rings is 1. The van der Waals surface area contributed by atoms with Gasteiger partial charge in [-0.05, 0) is 19.1 Å². The van der Waals surface area contributed by atoms with Crippen LogP contribution < -0.4 is 5.32 Å². The molecule has 1 aromatic rings. The predicted octanol–water partition coefficient (Wildman–Crippen LogP) is 1.13. The molecule has 0 amide bonds. The average Bonchev–Trinajstić information content (AvgIpc) is 2.19. The number of hydrogen-bond acceptors (Lipinski definition) is 3. The molecule has 0 radical (unpaired) electrons. The van der Waals surface area contributed by atoms with Gasteiger partial charge in [-0.3, -0.25) is 4.98 Å². The number of aromatic nitrogens is 1. The van der Waals surface area contributed by atoms with Gasteiger partial charge in [-0.1, -0.05) is 6.07 Å². The van der Waals surface area contributed by atoms with E-state index in [2.05, 4.69) is 17.2 Å². The number of pyridine rings is 1. The molecule has 70 valence electrons. The zero-order chi connectivity index (χ0) is 9.10. The van der Waals surface area contributed by atoms with Crippen molar-refractivity contribution in [3.63, 3.8) is 0 Å². The molecule has 0 aromatic carbocycles. The second-order valence-electron chi connectivity index (χ2n) is 3.41. The quantitative estimate of drug-likeness (QED) is 0.700. The normalized spacial score (nSPS) is 28.7. The van der Waals surface area contributed by atoms with Gasteiger partial charge in [0.25, 0.3) is 0 Å². The van der Waals surface area contributed by atoms with E-state index in [-0.39, 0.29) is 6.04 Å². The average molecular weight is 178 g/mol. The first-order valence-corrected chi connectivity index (χ1v) is 4.61. The molecule has 13 heavy (non-hydrogen) atoms. The van der Waals surface area contributed by atoms with Gasteiger partial charge in [-0.2, -0.15) is 0 Å². The minimum atomic E-state index is 0.255. The van der Waals surface area contributed by atoms with Gasteiger partial charge in [0.15, 0.2) is 0 Å². The lowest BCUT2D eigenvalue weighted by Gasteiger charge is -2.28. The Morgan fingerprint density at radius 1 is 1.46 bits per heavy atom. The predicted molar refractivity (Wildman–Crippen MR) is 50.4 cm³/mol. The van der Waals surface area contributed by atoms with Gasteiger partial charge >= 0.3 is 0 Å². The van der Waals surface area contributed by atoms with Gasteiger partial charge in [0, 0.05) is 12.2 Å². The van der Waals surface area contributed by atoms with Crippen LogP contribution in [0, 0.1) is 0 Å². The first-order valence-electron chi connectivity index (χ1n) is 4.61. The summed E-state index contributed by atoms with van der Waals surface area (Å²) in [5, 5.41) is 3.45. The molecule has 1 fully saturated rings. The Bertz CT molecular complexity index is 263. The van der Waals surface area contributed by atoms with Gasteiger partial charge in [-0.15, -0.1) is 0 Å². The third-order valence-corrected chi connectivity index (χ3v) is 2.18. The summed E-state index contributed by atoms with van der Waals surface area (Å²) in [6, 6.07) is 6.63. The highest BCUT2D eigenvalue weighted by molar-refractivity contribution is 5.09. The molecule has 2 atom stereocenters. The number of ether oxygens (including phenoxy) is 1. The van der Waals surface area contributed by atoms with Crippen LogP contribution in [0.3, 0.4) is 0 Å². The number of hydrogen-bond donors (Lipinski definition) is 1. The van der Waals surface area contributed by atoms with Crippen LogP contribution >= 0.6 is 0 Å². The summed E-state index contributed by atoms with van der Waals surface area (Å²) in [4.78, 5) is 4.29. The van der Waals surface area contributed by atoms with Crippen molar-refractivity contribution in [3.05, 3.63) is 30.1 Å². The minimum absolute atomic E-state index is 0.255. The SMILES string of the molecule is C[C@H]1COC[C@@H](c2ccccn2)N1. The third-order valence-electron chi connectivity index (χ3n) is 2.18. The monoisotopic (exact) mass is 178 g/mol. The fraction of sp³-hybridized carbons (Fsp3) is 0.500. The number of nitrogens with one attached hydrogen (secondary N) is 1. The Morgan fingerprint density at radius 3 is 3.08 bits per heavy atom. The lowest BCUT2D eigenvalue weighted by Crippen LogP contribution is -2.42. The fourth-order valence-corrected chi connectivity index (χ4v) is 1.56. The zero-order valence-electron chi connectivity index (χ0n) is 7.73. The van der Waals surface area contributed by atoms with Gasteiger partial charge < -0.3 is 10.1 Å². The fourth-order valence-electron chi connectivity index (χ4n) is 1.56. The highest BCUT2D eigenvalue weighted by Crippen LogP contribution is 2.14. The Balaban J connectivity index is 2.08. The van der Waals surface area contributed by atoms with Crippen molar-refractivity contribution in [2.45, 2.75) is 19.0 Å². The molecule has 0 spiro atoms. The largest absolute Gasteiger partial charge is 0.378 e. The molecule has 3 heteroatoms. The minimum Gasteiger partial charge on any atom is -0.378 e. The summed E-state index contributed by atoms with van der Waals surface area (Å²) in [5.74, 6) is 0. The Morgan fingerprint density at radius 2 is 2.38 bits per heavy atom. The van der Waals surface area contributed by atoms with Crippen LogP contribution in [0.2, 0.25) is 0 Å². The summed E-state index contributed by atoms with van der Waals surface area (Å²) in [6.07, 6.45) is 1.82. The Labute approximate surface area is 78.1 Å². The summed E-state index contributed by atoms with van der Waals surface area (Å²) < 4.78 is 5.45. The molecule has 1 aliphatic heterocycles. The molecular weight excluding hydrogens is 164 g/mol. The lowest BCUT2D eigenvalue weighted by molar-refractivity contribution is 0.0492. The maximum atomic E-state index is 5.45. The summed E-state index contributed by atoms with van der Waals surface area (Å²) in [7, 11) is 0. The van der Waals surface area contributed by atoms with E-state index in [0.29, 0.717) is 6.04 Å². The smallest absolute Gasteiger partial charge is 0.0735 e. The van der Waals surface area contributed by atoms with Crippen LogP contribution in [-0.4, -0.2) is 24.2 Å². The maximum Gasteiger partial charge on any atom is 0.0735 e. The lowest BCUT2D eigenvalue weighted by atomic mass is 10.1. The number of rotatable bonds is 1. The van der Waals surface area contributed by atoms with Crippen molar-refractivity contribution in [1.29, 1.82) is 0 Å². The molecular formula is C10H14N2O. The molecule has 2 heterocycles. The van der Waals surface area contributed by atoms with Crippen LogP contribution in [0.4, 0.5) is 0 Å². The first-order chi connectivity index (χ1) is 6.36. The summed E-state index contributed by atoms with van der Waals surface area (Å²) in [6.45, 7) is 3.64. The van der Waals surface area contributed by atoms with Crippen molar-refractivity contribution in [2.24, 2.45) is 0 Å². The highest BCUT2D eigenvalue weighted by atomic mass is 16.5. The topological polar surface area (TPSA) is 34.1 Å². The van der Waals surface area contributed by atoms with E-state index in [0.717, 1.165) is 18.9 Å². The summed E-state index contributed by atoms with van der Waals surface area (Å²) in [5.41, 5.74) is 1.06. The van der Waals surface area contributed by atoms with E-state index >= 15 is 0 Å². The third kappa shape index (κ3) is 2.05. The van der Waals surface area contributed by atoms with E-state index in [1.807, 2.05) is 24.4 Å². The van der Waals surface area contributed by atoms with Crippen molar-refractivity contribution >= 4 is 0 Å². The van der Waals surface area contributed by atoms with Crippen molar-refractivity contribution in [3.8, 4) is 0 Å². The van der Waals surface area contributed by atoms with Crippen molar-refractivity contribution in [2.75, 3.05) is 13.2 Å². The van der Waals surface area contributed by atoms with Crippen molar-refractivity contribution < 1.29 is 4.74 Å². The van der Waals surface area contributed by atoms with Crippen molar-refractivity contribution in [1.82, 2.24) is 10.3 Å². The molecule has 0 aliphatic carbocycles. The van der Waals surface area contributed by atoms with E-state index in [9.17, 15) is 0 Å². The Hall–Kier alpha value is -0.930. The summed E-state index contributed by atoms with van der Waals surface area (Å²) >= 11 is 0. The van der Waals surface area contributed by atoms with Gasteiger partial charge in [0.05, 0.1) is 24.9 Å². The van der Waals surface area contributed by atoms with Crippen LogP contribution in [0.15, 0.2) is 24.4 Å². The van der Waals surface area contributed by atoms with Gasteiger partial charge in [0.2, 0.25) is 0 Å². The molecule has 0 saturated carbocycles. The standard InChI is InChI=1S/C10H14N2O/c1-8-6-13-7-10(12-8)9-4-2-3-5-11-9/h2-5,8,10,12H,6-7H2,1H3/t8-,10-/m0/s1. The van der Waals surface area contributed by atoms with Crippen LogP contribution in [-0.2, 0) is 4.74 Å². The van der Waals surface area contributed by atoms with E-state index in [1.165, 1.54) is 0 Å². The zero-order valence-corrected chi connectivity index (χ0v) is 7.73. The molecule has 0 unspecified atom stereocenters. The molecule has 1 aromatic heterocycles. The number of nitrogens with zero attached hydrogens (tertiary/aromatic N) is 1. The van der Waals surface area contributed by atoms with Crippen LogP contribution in [0.5, 0.6) is 0 Å². The van der Waals surface area contributed by atoms with Gasteiger partial charge in [-0.25, -0.2) is 0 Å². The molecule has 1 aliphatic rings. The van der Waals surface area contributed by atoms with E-state index in [1.54, 1.807) is 0 Å². The molecule has 1 N–H and O–H groups in total.